The fraction of sp³-hybridized carbons (Fsp3) is 0.385. The van der Waals surface area contributed by atoms with E-state index in [4.69, 9.17) is 4.42 Å². The van der Waals surface area contributed by atoms with Crippen molar-refractivity contribution in [2.45, 2.75) is 51.7 Å². The number of piperidine rings is 1. The summed E-state index contributed by atoms with van der Waals surface area (Å²) in [5.74, 6) is -2.08. The fourth-order valence-corrected chi connectivity index (χ4v) is 4.53. The topological polar surface area (TPSA) is 84.9 Å². The van der Waals surface area contributed by atoms with Gasteiger partial charge in [-0.1, -0.05) is 11.3 Å². The van der Waals surface area contributed by atoms with Gasteiger partial charge in [0.1, 0.15) is 17.3 Å². The van der Waals surface area contributed by atoms with E-state index in [1.165, 1.54) is 22.9 Å². The summed E-state index contributed by atoms with van der Waals surface area (Å²) in [5.41, 5.74) is 1.86. The molecular weight excluding hydrogens is 502 g/mol. The first kappa shape index (κ1) is 25.8. The summed E-state index contributed by atoms with van der Waals surface area (Å²) in [6.07, 6.45) is 0.645. The zero-order valence-electron chi connectivity index (χ0n) is 20.9. The Kier molecular flexibility index (Phi) is 7.41. The van der Waals surface area contributed by atoms with E-state index < -0.39 is 24.0 Å². The maximum absolute atomic E-state index is 14.8. The van der Waals surface area contributed by atoms with Crippen LogP contribution in [0.2, 0.25) is 0 Å². The van der Waals surface area contributed by atoms with E-state index in [0.29, 0.717) is 23.3 Å². The zero-order chi connectivity index (χ0) is 26.8. The van der Waals surface area contributed by atoms with Gasteiger partial charge in [0.25, 0.3) is 5.89 Å². The van der Waals surface area contributed by atoms with Gasteiger partial charge in [-0.25, -0.2) is 13.5 Å². The van der Waals surface area contributed by atoms with E-state index in [1.807, 2.05) is 0 Å². The second kappa shape index (κ2) is 10.9. The minimum atomic E-state index is -2.91. The van der Waals surface area contributed by atoms with Crippen LogP contribution in [0.1, 0.15) is 44.6 Å². The van der Waals surface area contributed by atoms with Gasteiger partial charge >= 0.3 is 6.43 Å². The molecule has 0 unspecified atom stereocenters. The van der Waals surface area contributed by atoms with Crippen LogP contribution in [-0.2, 0) is 6.54 Å². The number of halogens is 4. The number of benzene rings is 2. The Morgan fingerprint density at radius 3 is 2.47 bits per heavy atom. The monoisotopic (exact) mass is 529 g/mol. The Balaban J connectivity index is 1.27. The largest absolute Gasteiger partial charge is 0.415 e. The van der Waals surface area contributed by atoms with Crippen molar-refractivity contribution in [3.63, 3.8) is 0 Å². The number of nitrogens with zero attached hydrogens (tertiary/aromatic N) is 6. The SMILES string of the molecule is CC(C)N1CCC(Nc2ccc(F)c(-c3cn(Cc4ccc(-c5nnc(C(F)F)o5)cc4F)nn3)c2)CC1. The van der Waals surface area contributed by atoms with E-state index >= 15 is 0 Å². The third-order valence-electron chi connectivity index (χ3n) is 6.67. The Hall–Kier alpha value is -3.80. The molecule has 3 heterocycles. The molecule has 200 valence electrons. The predicted molar refractivity (Wildman–Crippen MR) is 133 cm³/mol. The van der Waals surface area contributed by atoms with Crippen molar-refractivity contribution in [1.82, 2.24) is 30.1 Å². The predicted octanol–water partition coefficient (Wildman–Crippen LogP) is 5.54. The summed E-state index contributed by atoms with van der Waals surface area (Å²) >= 11 is 0. The number of rotatable bonds is 8. The van der Waals surface area contributed by atoms with Gasteiger partial charge < -0.3 is 14.6 Å². The molecule has 1 saturated heterocycles. The summed E-state index contributed by atoms with van der Waals surface area (Å²) < 4.78 is 61.1. The van der Waals surface area contributed by atoms with Crippen LogP contribution in [-0.4, -0.2) is 55.3 Å². The normalized spacial score (nSPS) is 15.1. The molecule has 0 radical (unpaired) electrons. The van der Waals surface area contributed by atoms with Crippen LogP contribution in [0.4, 0.5) is 23.2 Å². The van der Waals surface area contributed by atoms with Crippen LogP contribution in [0.25, 0.3) is 22.7 Å². The lowest BCUT2D eigenvalue weighted by Crippen LogP contribution is -2.42. The maximum Gasteiger partial charge on any atom is 0.314 e. The number of aromatic nitrogens is 5. The number of hydrogen-bond acceptors (Lipinski definition) is 7. The molecule has 0 bridgehead atoms. The van der Waals surface area contributed by atoms with Crippen molar-refractivity contribution in [1.29, 1.82) is 0 Å². The highest BCUT2D eigenvalue weighted by Gasteiger charge is 2.22. The molecular formula is C26H27F4N7O. The number of anilines is 1. The molecule has 2 aromatic carbocycles. The first-order valence-electron chi connectivity index (χ1n) is 12.4. The molecule has 1 fully saturated rings. The molecule has 0 amide bonds. The van der Waals surface area contributed by atoms with Crippen molar-refractivity contribution in [3.05, 3.63) is 65.7 Å². The first-order chi connectivity index (χ1) is 18.3. The number of nitrogens with one attached hydrogen (secondary N) is 1. The Labute approximate surface area is 216 Å². The highest BCUT2D eigenvalue weighted by atomic mass is 19.3. The van der Waals surface area contributed by atoms with Crippen molar-refractivity contribution >= 4 is 5.69 Å². The Morgan fingerprint density at radius 2 is 1.79 bits per heavy atom. The molecule has 1 aliphatic rings. The summed E-state index contributed by atoms with van der Waals surface area (Å²) in [7, 11) is 0. The number of likely N-dealkylation sites (tertiary alicyclic amines) is 1. The minimum Gasteiger partial charge on any atom is -0.415 e. The Morgan fingerprint density at radius 1 is 1.00 bits per heavy atom. The molecule has 0 atom stereocenters. The lowest BCUT2D eigenvalue weighted by molar-refractivity contribution is 0.116. The molecule has 38 heavy (non-hydrogen) atoms. The molecule has 5 rings (SSSR count). The quantitative estimate of drug-likeness (QED) is 0.300. The van der Waals surface area contributed by atoms with Crippen LogP contribution in [0.15, 0.2) is 47.0 Å². The van der Waals surface area contributed by atoms with Crippen LogP contribution in [0.3, 0.4) is 0 Å². The van der Waals surface area contributed by atoms with Gasteiger partial charge in [0.15, 0.2) is 0 Å². The molecule has 12 heteroatoms. The second-order valence-corrected chi connectivity index (χ2v) is 9.60. The standard InChI is InChI=1S/C26H27F4N7O/c1-15(2)36-9-7-18(8-10-36)31-19-5-6-21(27)20(12-19)23-14-37(35-32-23)13-17-4-3-16(11-22(17)28)25-33-34-26(38-25)24(29)30/h3-6,11-12,14-15,18,24,31H,7-10,13H2,1-2H3. The molecule has 0 saturated carbocycles. The summed E-state index contributed by atoms with van der Waals surface area (Å²) in [5, 5.41) is 18.4. The van der Waals surface area contributed by atoms with E-state index in [2.05, 4.69) is 44.6 Å². The highest BCUT2D eigenvalue weighted by molar-refractivity contribution is 5.65. The molecule has 8 nitrogen and oxygen atoms in total. The van der Waals surface area contributed by atoms with Crippen LogP contribution in [0.5, 0.6) is 0 Å². The van der Waals surface area contributed by atoms with Crippen LogP contribution < -0.4 is 5.32 Å². The minimum absolute atomic E-state index is 0.0270. The molecule has 1 aliphatic heterocycles. The van der Waals surface area contributed by atoms with E-state index in [9.17, 15) is 17.6 Å². The van der Waals surface area contributed by atoms with Gasteiger partial charge in [-0.05, 0) is 57.0 Å². The average Bonchev–Trinajstić information content (AvgIpc) is 3.57. The fourth-order valence-electron chi connectivity index (χ4n) is 4.53. The molecule has 0 spiro atoms. The number of alkyl halides is 2. The van der Waals surface area contributed by atoms with Gasteiger partial charge in [-0.15, -0.1) is 15.3 Å². The van der Waals surface area contributed by atoms with Crippen molar-refractivity contribution in [3.8, 4) is 22.7 Å². The number of hydrogen-bond donors (Lipinski definition) is 1. The zero-order valence-corrected chi connectivity index (χ0v) is 20.9. The van der Waals surface area contributed by atoms with E-state index in [0.717, 1.165) is 37.7 Å². The van der Waals surface area contributed by atoms with Gasteiger partial charge in [-0.3, -0.25) is 0 Å². The Bertz CT molecular complexity index is 1400. The van der Waals surface area contributed by atoms with Crippen molar-refractivity contribution in [2.24, 2.45) is 0 Å². The average molecular weight is 530 g/mol. The first-order valence-corrected chi connectivity index (χ1v) is 12.4. The summed E-state index contributed by atoms with van der Waals surface area (Å²) in [6, 6.07) is 9.72. The second-order valence-electron chi connectivity index (χ2n) is 9.60. The highest BCUT2D eigenvalue weighted by Crippen LogP contribution is 2.28. The van der Waals surface area contributed by atoms with Crippen LogP contribution >= 0.6 is 0 Å². The third kappa shape index (κ3) is 5.69. The van der Waals surface area contributed by atoms with Crippen molar-refractivity contribution in [2.75, 3.05) is 18.4 Å². The third-order valence-corrected chi connectivity index (χ3v) is 6.67. The van der Waals surface area contributed by atoms with E-state index in [1.54, 1.807) is 18.3 Å². The molecule has 2 aromatic heterocycles. The summed E-state index contributed by atoms with van der Waals surface area (Å²) in [4.78, 5) is 2.44. The summed E-state index contributed by atoms with van der Waals surface area (Å²) in [6.45, 7) is 6.45. The van der Waals surface area contributed by atoms with E-state index in [-0.39, 0.29) is 23.6 Å². The molecule has 4 aromatic rings. The molecule has 0 aliphatic carbocycles. The van der Waals surface area contributed by atoms with Crippen LogP contribution in [0, 0.1) is 11.6 Å². The van der Waals surface area contributed by atoms with Gasteiger partial charge in [0, 0.05) is 47.6 Å². The lowest BCUT2D eigenvalue weighted by atomic mass is 10.0. The smallest absolute Gasteiger partial charge is 0.314 e. The van der Waals surface area contributed by atoms with Gasteiger partial charge in [0.2, 0.25) is 5.89 Å². The maximum atomic E-state index is 14.8. The van der Waals surface area contributed by atoms with Gasteiger partial charge in [0.05, 0.1) is 12.7 Å². The van der Waals surface area contributed by atoms with Crippen molar-refractivity contribution < 1.29 is 22.0 Å². The van der Waals surface area contributed by atoms with Gasteiger partial charge in [-0.2, -0.15) is 8.78 Å². The lowest BCUT2D eigenvalue weighted by Gasteiger charge is -2.35. The molecule has 1 N–H and O–H groups in total.